The summed E-state index contributed by atoms with van der Waals surface area (Å²) in [6.07, 6.45) is 1.88. The Kier molecular flexibility index (Phi) is 3.50. The molecule has 0 aliphatic heterocycles. The molecule has 0 aliphatic carbocycles. The van der Waals surface area contributed by atoms with E-state index in [4.69, 9.17) is 0 Å². The van der Waals surface area contributed by atoms with E-state index >= 15 is 0 Å². The SMILES string of the molecule is C=CCNCc1cc(C)c(C)s1. The minimum atomic E-state index is 0.885. The number of hydrogen-bond donors (Lipinski definition) is 1. The van der Waals surface area contributed by atoms with E-state index in [1.54, 1.807) is 0 Å². The minimum Gasteiger partial charge on any atom is -0.308 e. The zero-order valence-corrected chi connectivity index (χ0v) is 8.50. The molecule has 0 spiro atoms. The second kappa shape index (κ2) is 4.43. The molecule has 0 aliphatic rings. The van der Waals surface area contributed by atoms with E-state index in [-0.39, 0.29) is 0 Å². The Bertz CT molecular complexity index is 243. The molecule has 2 heteroatoms. The zero-order valence-electron chi connectivity index (χ0n) is 7.68. The van der Waals surface area contributed by atoms with Crippen LogP contribution in [0.1, 0.15) is 15.3 Å². The van der Waals surface area contributed by atoms with Crippen LogP contribution in [0.3, 0.4) is 0 Å². The molecule has 0 fully saturated rings. The van der Waals surface area contributed by atoms with Crippen molar-refractivity contribution in [3.8, 4) is 0 Å². The van der Waals surface area contributed by atoms with Crippen LogP contribution in [0.5, 0.6) is 0 Å². The maximum atomic E-state index is 3.66. The maximum Gasteiger partial charge on any atom is 0.0302 e. The Morgan fingerprint density at radius 3 is 2.83 bits per heavy atom. The lowest BCUT2D eigenvalue weighted by molar-refractivity contribution is 0.770. The minimum absolute atomic E-state index is 0.885. The van der Waals surface area contributed by atoms with E-state index in [9.17, 15) is 0 Å². The van der Waals surface area contributed by atoms with Crippen LogP contribution in [0.4, 0.5) is 0 Å². The molecule has 1 aromatic rings. The smallest absolute Gasteiger partial charge is 0.0302 e. The molecular weight excluding hydrogens is 166 g/mol. The van der Waals surface area contributed by atoms with Gasteiger partial charge in [-0.25, -0.2) is 0 Å². The Balaban J connectivity index is 2.47. The third-order valence-corrected chi connectivity index (χ3v) is 2.96. The van der Waals surface area contributed by atoms with E-state index in [1.807, 2.05) is 17.4 Å². The molecule has 0 saturated carbocycles. The van der Waals surface area contributed by atoms with Crippen molar-refractivity contribution in [1.82, 2.24) is 5.32 Å². The molecule has 1 aromatic heterocycles. The van der Waals surface area contributed by atoms with Crippen LogP contribution < -0.4 is 5.32 Å². The highest BCUT2D eigenvalue weighted by Crippen LogP contribution is 2.19. The highest BCUT2D eigenvalue weighted by Gasteiger charge is 1.99. The second-order valence-electron chi connectivity index (χ2n) is 2.87. The summed E-state index contributed by atoms with van der Waals surface area (Å²) in [5.74, 6) is 0. The summed E-state index contributed by atoms with van der Waals surface area (Å²) in [6, 6.07) is 2.25. The first-order valence-corrected chi connectivity index (χ1v) is 4.93. The van der Waals surface area contributed by atoms with E-state index < -0.39 is 0 Å². The molecule has 66 valence electrons. The molecule has 0 radical (unpaired) electrons. The van der Waals surface area contributed by atoms with E-state index in [0.717, 1.165) is 13.1 Å². The molecule has 0 amide bonds. The molecule has 0 saturated heterocycles. The maximum absolute atomic E-state index is 3.66. The van der Waals surface area contributed by atoms with Crippen molar-refractivity contribution in [1.29, 1.82) is 0 Å². The van der Waals surface area contributed by atoms with Crippen LogP contribution >= 0.6 is 11.3 Å². The summed E-state index contributed by atoms with van der Waals surface area (Å²) < 4.78 is 0. The molecule has 0 aromatic carbocycles. The van der Waals surface area contributed by atoms with Crippen molar-refractivity contribution >= 4 is 11.3 Å². The molecule has 1 heterocycles. The van der Waals surface area contributed by atoms with Gasteiger partial charge in [0.1, 0.15) is 0 Å². The lowest BCUT2D eigenvalue weighted by atomic mass is 10.3. The van der Waals surface area contributed by atoms with Gasteiger partial charge in [-0.3, -0.25) is 0 Å². The largest absolute Gasteiger partial charge is 0.308 e. The van der Waals surface area contributed by atoms with Crippen LogP contribution in [0.25, 0.3) is 0 Å². The molecule has 0 bridgehead atoms. The van der Waals surface area contributed by atoms with Crippen LogP contribution in [-0.2, 0) is 6.54 Å². The number of thiophene rings is 1. The third kappa shape index (κ3) is 2.47. The standard InChI is InChI=1S/C10H15NS/c1-4-5-11-7-10-6-8(2)9(3)12-10/h4,6,11H,1,5,7H2,2-3H3. The van der Waals surface area contributed by atoms with Gasteiger partial charge in [0.15, 0.2) is 0 Å². The quantitative estimate of drug-likeness (QED) is 0.556. The van der Waals surface area contributed by atoms with Gasteiger partial charge in [0, 0.05) is 22.8 Å². The van der Waals surface area contributed by atoms with Gasteiger partial charge in [-0.05, 0) is 25.5 Å². The average Bonchev–Trinajstić information content (AvgIpc) is 2.32. The van der Waals surface area contributed by atoms with E-state index in [1.165, 1.54) is 15.3 Å². The highest BCUT2D eigenvalue weighted by atomic mass is 32.1. The normalized spacial score (nSPS) is 10.2. The summed E-state index contributed by atoms with van der Waals surface area (Å²) >= 11 is 1.87. The number of rotatable bonds is 4. The van der Waals surface area contributed by atoms with Crippen LogP contribution in [0.15, 0.2) is 18.7 Å². The lowest BCUT2D eigenvalue weighted by Crippen LogP contribution is -2.11. The summed E-state index contributed by atoms with van der Waals surface area (Å²) in [4.78, 5) is 2.83. The molecular formula is C10H15NS. The predicted molar refractivity (Wildman–Crippen MR) is 55.7 cm³/mol. The number of hydrogen-bond acceptors (Lipinski definition) is 2. The Labute approximate surface area is 78.1 Å². The predicted octanol–water partition coefficient (Wildman–Crippen LogP) is 2.64. The highest BCUT2D eigenvalue weighted by molar-refractivity contribution is 7.12. The molecule has 1 nitrogen and oxygen atoms in total. The van der Waals surface area contributed by atoms with Crippen LogP contribution in [-0.4, -0.2) is 6.54 Å². The summed E-state index contributed by atoms with van der Waals surface area (Å²) in [7, 11) is 0. The van der Waals surface area contributed by atoms with Gasteiger partial charge in [0.2, 0.25) is 0 Å². The molecule has 0 unspecified atom stereocenters. The zero-order chi connectivity index (χ0) is 8.97. The van der Waals surface area contributed by atoms with Gasteiger partial charge in [-0.15, -0.1) is 17.9 Å². The lowest BCUT2D eigenvalue weighted by Gasteiger charge is -1.96. The number of nitrogens with one attached hydrogen (secondary N) is 1. The van der Waals surface area contributed by atoms with Gasteiger partial charge >= 0.3 is 0 Å². The summed E-state index contributed by atoms with van der Waals surface area (Å²) in [5.41, 5.74) is 1.40. The first-order valence-electron chi connectivity index (χ1n) is 4.11. The Morgan fingerprint density at radius 1 is 1.58 bits per heavy atom. The second-order valence-corrected chi connectivity index (χ2v) is 4.21. The van der Waals surface area contributed by atoms with Crippen molar-refractivity contribution in [2.24, 2.45) is 0 Å². The number of aryl methyl sites for hydroxylation is 2. The first-order chi connectivity index (χ1) is 5.74. The molecule has 1 rings (SSSR count). The summed E-state index contributed by atoms with van der Waals surface area (Å²) in [5, 5.41) is 3.28. The van der Waals surface area contributed by atoms with Crippen molar-refractivity contribution in [2.45, 2.75) is 20.4 Å². The van der Waals surface area contributed by atoms with Crippen LogP contribution in [0, 0.1) is 13.8 Å². The van der Waals surface area contributed by atoms with E-state index in [0.29, 0.717) is 0 Å². The molecule has 0 atom stereocenters. The molecule has 12 heavy (non-hydrogen) atoms. The fraction of sp³-hybridized carbons (Fsp3) is 0.400. The van der Waals surface area contributed by atoms with Gasteiger partial charge < -0.3 is 5.32 Å². The van der Waals surface area contributed by atoms with Gasteiger partial charge in [0.05, 0.1) is 0 Å². The fourth-order valence-electron chi connectivity index (χ4n) is 1.03. The third-order valence-electron chi connectivity index (χ3n) is 1.80. The monoisotopic (exact) mass is 181 g/mol. The topological polar surface area (TPSA) is 12.0 Å². The van der Waals surface area contributed by atoms with Crippen LogP contribution in [0.2, 0.25) is 0 Å². The van der Waals surface area contributed by atoms with Crippen molar-refractivity contribution in [3.05, 3.63) is 34.0 Å². The van der Waals surface area contributed by atoms with E-state index in [2.05, 4.69) is 31.8 Å². The first kappa shape index (κ1) is 9.49. The van der Waals surface area contributed by atoms with Gasteiger partial charge in [-0.1, -0.05) is 6.08 Å². The summed E-state index contributed by atoms with van der Waals surface area (Å²) in [6.45, 7) is 9.82. The van der Waals surface area contributed by atoms with Crippen molar-refractivity contribution < 1.29 is 0 Å². The Morgan fingerprint density at radius 2 is 2.33 bits per heavy atom. The van der Waals surface area contributed by atoms with Crippen molar-refractivity contribution in [2.75, 3.05) is 6.54 Å². The van der Waals surface area contributed by atoms with Gasteiger partial charge in [-0.2, -0.15) is 0 Å². The molecule has 1 N–H and O–H groups in total. The van der Waals surface area contributed by atoms with Gasteiger partial charge in [0.25, 0.3) is 0 Å². The van der Waals surface area contributed by atoms with Crippen molar-refractivity contribution in [3.63, 3.8) is 0 Å². The average molecular weight is 181 g/mol. The Hall–Kier alpha value is -0.600. The fourth-order valence-corrected chi connectivity index (χ4v) is 2.06.